The molecule has 35 heavy (non-hydrogen) atoms. The number of phenolic OH excluding ortho intramolecular Hbond substituents is 1. The number of para-hydroxylation sites is 2. The van der Waals surface area contributed by atoms with Crippen molar-refractivity contribution in [2.75, 3.05) is 10.0 Å². The van der Waals surface area contributed by atoms with Crippen molar-refractivity contribution in [3.63, 3.8) is 0 Å². The summed E-state index contributed by atoms with van der Waals surface area (Å²) in [5, 5.41) is 23.0. The van der Waals surface area contributed by atoms with E-state index in [-0.39, 0.29) is 17.6 Å². The molecule has 176 valence electrons. The van der Waals surface area contributed by atoms with Crippen molar-refractivity contribution in [3.05, 3.63) is 89.4 Å². The van der Waals surface area contributed by atoms with Gasteiger partial charge in [-0.05, 0) is 56.3 Å². The molecular weight excluding hydrogens is 464 g/mol. The molecule has 0 radical (unpaired) electrons. The summed E-state index contributed by atoms with van der Waals surface area (Å²) in [4.78, 5) is 27.6. The van der Waals surface area contributed by atoms with E-state index in [1.165, 1.54) is 16.1 Å². The molecule has 0 spiro atoms. The summed E-state index contributed by atoms with van der Waals surface area (Å²) < 4.78 is 0. The van der Waals surface area contributed by atoms with Gasteiger partial charge < -0.3 is 5.11 Å². The van der Waals surface area contributed by atoms with Gasteiger partial charge in [0.15, 0.2) is 0 Å². The molecule has 1 N–H and O–H groups in total. The first-order valence-electron chi connectivity index (χ1n) is 11.2. The summed E-state index contributed by atoms with van der Waals surface area (Å²) >= 11 is 6.31. The van der Waals surface area contributed by atoms with Gasteiger partial charge in [0.1, 0.15) is 5.75 Å². The van der Waals surface area contributed by atoms with Crippen LogP contribution in [0, 0.1) is 11.8 Å². The van der Waals surface area contributed by atoms with Gasteiger partial charge in [0, 0.05) is 27.9 Å². The maximum atomic E-state index is 13.8. The van der Waals surface area contributed by atoms with Crippen LogP contribution in [-0.2, 0) is 9.59 Å². The lowest BCUT2D eigenvalue weighted by Crippen LogP contribution is -2.40. The molecule has 0 aliphatic carbocycles. The Labute approximate surface area is 207 Å². The first kappa shape index (κ1) is 22.8. The minimum atomic E-state index is -0.797. The molecule has 3 aromatic carbocycles. The summed E-state index contributed by atoms with van der Waals surface area (Å²) in [6.45, 7) is 3.53. The van der Waals surface area contributed by atoms with E-state index in [2.05, 4.69) is 10.2 Å². The highest BCUT2D eigenvalue weighted by molar-refractivity contribution is 6.30. The van der Waals surface area contributed by atoms with Crippen molar-refractivity contribution in [2.45, 2.75) is 19.8 Å². The average Bonchev–Trinajstić information content (AvgIpc) is 3.33. The van der Waals surface area contributed by atoms with Crippen molar-refractivity contribution in [1.82, 2.24) is 0 Å². The molecule has 2 atom stereocenters. The van der Waals surface area contributed by atoms with Gasteiger partial charge in [-0.25, -0.2) is 10.0 Å². The number of carbonyl (C=O) groups excluding carboxylic acids is 2. The zero-order valence-electron chi connectivity index (χ0n) is 19.2. The number of carbonyl (C=O) groups is 2. The molecule has 3 aromatic rings. The van der Waals surface area contributed by atoms with Gasteiger partial charge in [-0.15, -0.1) is 0 Å². The number of nitrogens with zero attached hydrogens (tertiary/aromatic N) is 4. The van der Waals surface area contributed by atoms with Crippen LogP contribution in [0.25, 0.3) is 0 Å². The lowest BCUT2D eigenvalue weighted by molar-refractivity contribution is -0.122. The minimum Gasteiger partial charge on any atom is -0.508 e. The third-order valence-corrected chi connectivity index (χ3v) is 6.67. The fourth-order valence-electron chi connectivity index (χ4n) is 4.84. The van der Waals surface area contributed by atoms with Crippen LogP contribution in [0.1, 0.15) is 25.3 Å². The summed E-state index contributed by atoms with van der Waals surface area (Å²) in [7, 11) is 0. The molecule has 2 heterocycles. The predicted molar refractivity (Wildman–Crippen MR) is 137 cm³/mol. The van der Waals surface area contributed by atoms with Crippen LogP contribution >= 0.6 is 11.6 Å². The molecular formula is C27H23ClN4O3. The second kappa shape index (κ2) is 9.00. The highest BCUT2D eigenvalue weighted by atomic mass is 35.5. The molecule has 2 aliphatic heterocycles. The van der Waals surface area contributed by atoms with Crippen molar-refractivity contribution in [2.24, 2.45) is 22.0 Å². The molecule has 0 fully saturated rings. The number of aromatic hydroxyl groups is 1. The fraction of sp³-hybridized carbons (Fsp3) is 0.185. The van der Waals surface area contributed by atoms with Gasteiger partial charge in [0.25, 0.3) is 11.8 Å². The van der Waals surface area contributed by atoms with Crippen LogP contribution in [0.5, 0.6) is 5.75 Å². The molecule has 2 unspecified atom stereocenters. The molecule has 0 saturated heterocycles. The molecule has 0 saturated carbocycles. The van der Waals surface area contributed by atoms with Gasteiger partial charge in [0.05, 0.1) is 23.2 Å². The zero-order valence-corrected chi connectivity index (χ0v) is 19.9. The molecule has 8 heteroatoms. The number of hydrogen-bond donors (Lipinski definition) is 1. The number of rotatable bonds is 5. The van der Waals surface area contributed by atoms with E-state index in [1.54, 1.807) is 50.2 Å². The summed E-state index contributed by atoms with van der Waals surface area (Å²) in [6, 6.07) is 22.9. The maximum absolute atomic E-state index is 13.8. The van der Waals surface area contributed by atoms with E-state index in [9.17, 15) is 14.7 Å². The van der Waals surface area contributed by atoms with E-state index in [0.29, 0.717) is 33.4 Å². The monoisotopic (exact) mass is 486 g/mol. The van der Waals surface area contributed by atoms with E-state index in [0.717, 1.165) is 0 Å². The standard InChI is InChI=1S/C27H23ClN4O3/c1-16-23(26(34)31(29-16)19-9-5-3-6-10-19)25(21-15-18(28)13-14-22(21)33)24-17(2)30-32(27(24)35)20-11-7-4-8-12-20/h3-15,23-25,33H,1-2H3. The first-order valence-corrected chi connectivity index (χ1v) is 11.6. The Hall–Kier alpha value is -3.97. The number of benzene rings is 3. The second-order valence-electron chi connectivity index (χ2n) is 8.64. The quantitative estimate of drug-likeness (QED) is 0.537. The number of phenols is 1. The first-order chi connectivity index (χ1) is 16.9. The third kappa shape index (κ3) is 3.98. The highest BCUT2D eigenvalue weighted by Crippen LogP contribution is 2.45. The number of halogens is 1. The fourth-order valence-corrected chi connectivity index (χ4v) is 5.02. The van der Waals surface area contributed by atoms with Crippen molar-refractivity contribution < 1.29 is 14.7 Å². The number of anilines is 2. The summed E-state index contributed by atoms with van der Waals surface area (Å²) in [5.41, 5.74) is 2.75. The largest absolute Gasteiger partial charge is 0.508 e. The molecule has 5 rings (SSSR count). The lowest BCUT2D eigenvalue weighted by Gasteiger charge is -2.29. The van der Waals surface area contributed by atoms with Crippen molar-refractivity contribution in [1.29, 1.82) is 0 Å². The van der Waals surface area contributed by atoms with Crippen LogP contribution in [0.2, 0.25) is 5.02 Å². The SMILES string of the molecule is CC1=NN(c2ccccc2)C(=O)C1C(c1cc(Cl)ccc1O)C1C(=O)N(c2ccccc2)N=C1C. The second-order valence-corrected chi connectivity index (χ2v) is 9.07. The molecule has 0 bridgehead atoms. The molecule has 2 amide bonds. The Bertz CT molecular complexity index is 1280. The minimum absolute atomic E-state index is 0.0445. The van der Waals surface area contributed by atoms with E-state index < -0.39 is 17.8 Å². The van der Waals surface area contributed by atoms with E-state index in [1.807, 2.05) is 36.4 Å². The molecule has 2 aliphatic rings. The molecule has 7 nitrogen and oxygen atoms in total. The van der Waals surface area contributed by atoms with Gasteiger partial charge >= 0.3 is 0 Å². The zero-order chi connectivity index (χ0) is 24.7. The number of hydrazone groups is 2. The van der Waals surface area contributed by atoms with Gasteiger partial charge in [0.2, 0.25) is 0 Å². The normalized spacial score (nSPS) is 20.8. The Morgan fingerprint density at radius 3 is 1.69 bits per heavy atom. The Kier molecular flexibility index (Phi) is 5.86. The maximum Gasteiger partial charge on any atom is 0.256 e. The lowest BCUT2D eigenvalue weighted by atomic mass is 9.72. The van der Waals surface area contributed by atoms with Crippen molar-refractivity contribution >= 4 is 46.2 Å². The Morgan fingerprint density at radius 2 is 1.23 bits per heavy atom. The van der Waals surface area contributed by atoms with E-state index >= 15 is 0 Å². The predicted octanol–water partition coefficient (Wildman–Crippen LogP) is 5.21. The van der Waals surface area contributed by atoms with E-state index in [4.69, 9.17) is 11.6 Å². The van der Waals surface area contributed by atoms with Crippen LogP contribution in [0.4, 0.5) is 11.4 Å². The smallest absolute Gasteiger partial charge is 0.256 e. The topological polar surface area (TPSA) is 85.6 Å². The van der Waals surface area contributed by atoms with Crippen molar-refractivity contribution in [3.8, 4) is 5.75 Å². The third-order valence-electron chi connectivity index (χ3n) is 6.43. The Balaban J connectivity index is 1.61. The van der Waals surface area contributed by atoms with Gasteiger partial charge in [-0.1, -0.05) is 48.0 Å². The highest BCUT2D eigenvalue weighted by Gasteiger charge is 2.50. The Morgan fingerprint density at radius 1 is 0.771 bits per heavy atom. The van der Waals surface area contributed by atoms with Gasteiger partial charge in [-0.3, -0.25) is 9.59 Å². The van der Waals surface area contributed by atoms with Crippen LogP contribution in [0.15, 0.2) is 89.1 Å². The van der Waals surface area contributed by atoms with Crippen LogP contribution < -0.4 is 10.0 Å². The van der Waals surface area contributed by atoms with Gasteiger partial charge in [-0.2, -0.15) is 10.2 Å². The number of amides is 2. The summed E-state index contributed by atoms with van der Waals surface area (Å²) in [6.07, 6.45) is 0. The summed E-state index contributed by atoms with van der Waals surface area (Å²) in [5.74, 6) is -2.96. The molecule has 0 aromatic heterocycles. The van der Waals surface area contributed by atoms with Crippen LogP contribution in [0.3, 0.4) is 0 Å². The number of hydrogen-bond acceptors (Lipinski definition) is 5. The average molecular weight is 487 g/mol. The van der Waals surface area contributed by atoms with Crippen LogP contribution in [-0.4, -0.2) is 28.3 Å².